The fourth-order valence-corrected chi connectivity index (χ4v) is 2.46. The first kappa shape index (κ1) is 15.2. The van der Waals surface area contributed by atoms with Gasteiger partial charge in [-0.05, 0) is 30.5 Å². The van der Waals surface area contributed by atoms with Gasteiger partial charge in [0.05, 0.1) is 12.7 Å². The van der Waals surface area contributed by atoms with Crippen LogP contribution < -0.4 is 0 Å². The van der Waals surface area contributed by atoms with Crippen molar-refractivity contribution in [2.45, 2.75) is 37.4 Å². The van der Waals surface area contributed by atoms with Crippen LogP contribution in [0.4, 0.5) is 0 Å². The van der Waals surface area contributed by atoms with Crippen molar-refractivity contribution < 1.29 is 30.3 Å². The molecule has 6 nitrogen and oxygen atoms in total. The SMILES string of the molecule is OC[C@H]1OC(O)[C@H](CCc2ccc(O)cc2)[C@@H](O)[C@@H]1O. The van der Waals surface area contributed by atoms with Gasteiger partial charge in [0, 0.05) is 5.92 Å². The summed E-state index contributed by atoms with van der Waals surface area (Å²) >= 11 is 0. The fourth-order valence-electron chi connectivity index (χ4n) is 2.46. The maximum Gasteiger partial charge on any atom is 0.160 e. The van der Waals surface area contributed by atoms with Gasteiger partial charge < -0.3 is 30.3 Å². The molecule has 0 aromatic heterocycles. The Bertz CT molecular complexity index is 420. The Hall–Kier alpha value is -1.18. The van der Waals surface area contributed by atoms with Gasteiger partial charge in [-0.25, -0.2) is 0 Å². The van der Waals surface area contributed by atoms with E-state index in [2.05, 4.69) is 0 Å². The molecule has 5 atom stereocenters. The number of benzene rings is 1. The van der Waals surface area contributed by atoms with E-state index in [1.165, 1.54) is 0 Å². The van der Waals surface area contributed by atoms with Gasteiger partial charge in [-0.1, -0.05) is 12.1 Å². The van der Waals surface area contributed by atoms with E-state index in [9.17, 15) is 20.4 Å². The van der Waals surface area contributed by atoms with E-state index in [4.69, 9.17) is 9.84 Å². The minimum atomic E-state index is -1.22. The summed E-state index contributed by atoms with van der Waals surface area (Å²) in [5.41, 5.74) is 0.945. The van der Waals surface area contributed by atoms with Gasteiger partial charge in [-0.3, -0.25) is 0 Å². The Morgan fingerprint density at radius 2 is 1.65 bits per heavy atom. The third kappa shape index (κ3) is 3.28. The highest BCUT2D eigenvalue weighted by molar-refractivity contribution is 5.25. The van der Waals surface area contributed by atoms with E-state index >= 15 is 0 Å². The second-order valence-electron chi connectivity index (χ2n) is 5.10. The Kier molecular flexibility index (Phi) is 4.95. The Morgan fingerprint density at radius 3 is 2.25 bits per heavy atom. The molecular formula is C14H20O6. The lowest BCUT2D eigenvalue weighted by Gasteiger charge is -2.40. The molecule has 0 aliphatic carbocycles. The molecule has 112 valence electrons. The third-order valence-electron chi connectivity index (χ3n) is 3.73. The van der Waals surface area contributed by atoms with Crippen LogP contribution in [0.2, 0.25) is 0 Å². The van der Waals surface area contributed by atoms with Crippen molar-refractivity contribution in [3.8, 4) is 5.75 Å². The number of phenols is 1. The van der Waals surface area contributed by atoms with E-state index in [1.54, 1.807) is 24.3 Å². The van der Waals surface area contributed by atoms with Crippen LogP contribution in [0, 0.1) is 5.92 Å². The highest BCUT2D eigenvalue weighted by Crippen LogP contribution is 2.28. The summed E-state index contributed by atoms with van der Waals surface area (Å²) < 4.78 is 5.09. The van der Waals surface area contributed by atoms with Crippen LogP contribution in [-0.4, -0.2) is 56.7 Å². The molecule has 2 rings (SSSR count). The van der Waals surface area contributed by atoms with Crippen LogP contribution in [0.1, 0.15) is 12.0 Å². The number of hydrogen-bond donors (Lipinski definition) is 5. The maximum atomic E-state index is 9.99. The largest absolute Gasteiger partial charge is 0.508 e. The molecular weight excluding hydrogens is 264 g/mol. The number of aliphatic hydroxyl groups excluding tert-OH is 4. The van der Waals surface area contributed by atoms with Crippen LogP contribution in [0.3, 0.4) is 0 Å². The summed E-state index contributed by atoms with van der Waals surface area (Å²) in [6.45, 7) is -0.458. The molecule has 1 fully saturated rings. The van der Waals surface area contributed by atoms with Crippen molar-refractivity contribution >= 4 is 0 Å². The first-order valence-electron chi connectivity index (χ1n) is 6.61. The van der Waals surface area contributed by atoms with Crippen molar-refractivity contribution in [1.29, 1.82) is 0 Å². The van der Waals surface area contributed by atoms with Crippen LogP contribution >= 0.6 is 0 Å². The van der Waals surface area contributed by atoms with Gasteiger partial charge in [-0.15, -0.1) is 0 Å². The molecule has 0 spiro atoms. The molecule has 5 N–H and O–H groups in total. The summed E-state index contributed by atoms with van der Waals surface area (Å²) in [6, 6.07) is 6.64. The smallest absolute Gasteiger partial charge is 0.160 e. The maximum absolute atomic E-state index is 9.99. The number of rotatable bonds is 4. The molecule has 0 radical (unpaired) electrons. The molecule has 0 bridgehead atoms. The monoisotopic (exact) mass is 284 g/mol. The second-order valence-corrected chi connectivity index (χ2v) is 5.10. The van der Waals surface area contributed by atoms with Gasteiger partial charge in [0.2, 0.25) is 0 Å². The standard InChI is InChI=1S/C14H20O6/c15-7-11-13(18)12(17)10(14(19)20-11)6-3-8-1-4-9(16)5-2-8/h1-2,4-5,10-19H,3,6-7H2/t10-,11-,12-,13-,14?/m1/s1. The fraction of sp³-hybridized carbons (Fsp3) is 0.571. The Balaban J connectivity index is 1.96. The predicted molar refractivity (Wildman–Crippen MR) is 69.9 cm³/mol. The van der Waals surface area contributed by atoms with E-state index < -0.39 is 37.1 Å². The van der Waals surface area contributed by atoms with Crippen molar-refractivity contribution in [3.63, 3.8) is 0 Å². The molecule has 1 heterocycles. The first-order chi connectivity index (χ1) is 9.52. The summed E-state index contributed by atoms with van der Waals surface area (Å²) in [5.74, 6) is -0.447. The molecule has 1 aliphatic rings. The van der Waals surface area contributed by atoms with Crippen LogP contribution in [0.25, 0.3) is 0 Å². The number of ether oxygens (including phenoxy) is 1. The number of aliphatic hydroxyl groups is 4. The third-order valence-corrected chi connectivity index (χ3v) is 3.73. The minimum absolute atomic E-state index is 0.177. The lowest BCUT2D eigenvalue weighted by Crippen LogP contribution is -2.55. The Labute approximate surface area is 116 Å². The lowest BCUT2D eigenvalue weighted by atomic mass is 9.86. The molecule has 0 amide bonds. The number of hydrogen-bond acceptors (Lipinski definition) is 6. The Morgan fingerprint density at radius 1 is 1.00 bits per heavy atom. The van der Waals surface area contributed by atoms with Gasteiger partial charge in [0.15, 0.2) is 6.29 Å². The zero-order valence-corrected chi connectivity index (χ0v) is 11.0. The van der Waals surface area contributed by atoms with Crippen molar-refractivity contribution in [3.05, 3.63) is 29.8 Å². The second kappa shape index (κ2) is 6.51. The number of aromatic hydroxyl groups is 1. The van der Waals surface area contributed by atoms with Crippen LogP contribution in [0.5, 0.6) is 5.75 Å². The van der Waals surface area contributed by atoms with Crippen molar-refractivity contribution in [1.82, 2.24) is 0 Å². The number of aryl methyl sites for hydroxylation is 1. The van der Waals surface area contributed by atoms with Crippen LogP contribution in [-0.2, 0) is 11.2 Å². The van der Waals surface area contributed by atoms with Gasteiger partial charge in [0.1, 0.15) is 18.0 Å². The summed E-state index contributed by atoms with van der Waals surface area (Å²) in [6.07, 6.45) is -3.56. The average molecular weight is 284 g/mol. The zero-order valence-electron chi connectivity index (χ0n) is 11.0. The molecule has 20 heavy (non-hydrogen) atoms. The van der Waals surface area contributed by atoms with Crippen LogP contribution in [0.15, 0.2) is 24.3 Å². The lowest BCUT2D eigenvalue weighted by molar-refractivity contribution is -0.270. The van der Waals surface area contributed by atoms with E-state index in [1.807, 2.05) is 0 Å². The summed E-state index contributed by atoms with van der Waals surface area (Å²) in [5, 5.41) is 47.8. The van der Waals surface area contributed by atoms with Gasteiger partial charge in [-0.2, -0.15) is 0 Å². The van der Waals surface area contributed by atoms with E-state index in [0.717, 1.165) is 5.56 Å². The van der Waals surface area contributed by atoms with E-state index in [0.29, 0.717) is 12.8 Å². The zero-order chi connectivity index (χ0) is 14.7. The average Bonchev–Trinajstić information content (AvgIpc) is 2.44. The molecule has 1 unspecified atom stereocenters. The normalized spacial score (nSPS) is 34.1. The predicted octanol–water partition coefficient (Wildman–Crippen LogP) is -0.628. The van der Waals surface area contributed by atoms with Gasteiger partial charge in [0.25, 0.3) is 0 Å². The molecule has 0 saturated carbocycles. The van der Waals surface area contributed by atoms with E-state index in [-0.39, 0.29) is 5.75 Å². The quantitative estimate of drug-likeness (QED) is 0.503. The molecule has 1 aliphatic heterocycles. The van der Waals surface area contributed by atoms with Crippen molar-refractivity contribution in [2.24, 2.45) is 5.92 Å². The summed E-state index contributed by atoms with van der Waals surface area (Å²) in [7, 11) is 0. The first-order valence-corrected chi connectivity index (χ1v) is 6.61. The molecule has 6 heteroatoms. The minimum Gasteiger partial charge on any atom is -0.508 e. The molecule has 1 aromatic carbocycles. The molecule has 1 saturated heterocycles. The highest BCUT2D eigenvalue weighted by Gasteiger charge is 2.42. The van der Waals surface area contributed by atoms with Crippen molar-refractivity contribution in [2.75, 3.05) is 6.61 Å². The molecule has 1 aromatic rings. The highest BCUT2D eigenvalue weighted by atomic mass is 16.6. The topological polar surface area (TPSA) is 110 Å². The van der Waals surface area contributed by atoms with Gasteiger partial charge >= 0.3 is 0 Å². The summed E-state index contributed by atoms with van der Waals surface area (Å²) in [4.78, 5) is 0. The number of phenolic OH excluding ortho intramolecular Hbond substituents is 1.